The molecule has 19 heavy (non-hydrogen) atoms. The van der Waals surface area contributed by atoms with Crippen molar-refractivity contribution in [2.45, 2.75) is 19.4 Å². The van der Waals surface area contributed by atoms with Gasteiger partial charge in [0.05, 0.1) is 13.2 Å². The highest BCUT2D eigenvalue weighted by Crippen LogP contribution is 2.22. The summed E-state index contributed by atoms with van der Waals surface area (Å²) in [5, 5.41) is 0.734. The largest absolute Gasteiger partial charge is 0.381 e. The van der Waals surface area contributed by atoms with Gasteiger partial charge in [0, 0.05) is 23.6 Å². The van der Waals surface area contributed by atoms with Crippen molar-refractivity contribution in [2.75, 3.05) is 26.8 Å². The Balaban J connectivity index is 1.93. The SMILES string of the molecule is CC(c1ccc(Cl)cc1)N(C)CC(=O)C1CCOC1. The van der Waals surface area contributed by atoms with E-state index in [0.29, 0.717) is 19.8 Å². The van der Waals surface area contributed by atoms with Crippen molar-refractivity contribution in [1.82, 2.24) is 4.90 Å². The van der Waals surface area contributed by atoms with Crippen LogP contribution in [0.3, 0.4) is 0 Å². The van der Waals surface area contributed by atoms with E-state index < -0.39 is 0 Å². The number of ether oxygens (including phenoxy) is 1. The molecular formula is C15H20ClNO2. The fourth-order valence-corrected chi connectivity index (χ4v) is 2.42. The van der Waals surface area contributed by atoms with Gasteiger partial charge in [0.2, 0.25) is 0 Å². The Morgan fingerprint density at radius 3 is 2.74 bits per heavy atom. The summed E-state index contributed by atoms with van der Waals surface area (Å²) in [6.45, 7) is 3.87. The number of ketones is 1. The molecule has 1 fully saturated rings. The number of Topliss-reactive ketones (excluding diaryl/α,β-unsaturated/α-hetero) is 1. The summed E-state index contributed by atoms with van der Waals surface area (Å²) in [4.78, 5) is 14.2. The number of nitrogens with zero attached hydrogens (tertiary/aromatic N) is 1. The zero-order chi connectivity index (χ0) is 13.8. The number of rotatable bonds is 5. The molecule has 3 nitrogen and oxygen atoms in total. The Hall–Kier alpha value is -0.900. The molecule has 4 heteroatoms. The van der Waals surface area contributed by atoms with Crippen LogP contribution in [0.1, 0.15) is 24.9 Å². The second-order valence-electron chi connectivity index (χ2n) is 5.17. The van der Waals surface area contributed by atoms with E-state index in [1.165, 1.54) is 5.56 Å². The third kappa shape index (κ3) is 3.78. The lowest BCUT2D eigenvalue weighted by atomic mass is 10.0. The van der Waals surface area contributed by atoms with Gasteiger partial charge in [0.1, 0.15) is 0 Å². The number of hydrogen-bond donors (Lipinski definition) is 0. The number of hydrogen-bond acceptors (Lipinski definition) is 3. The van der Waals surface area contributed by atoms with Gasteiger partial charge in [0.15, 0.2) is 5.78 Å². The van der Waals surface area contributed by atoms with Crippen LogP contribution in [0.4, 0.5) is 0 Å². The highest BCUT2D eigenvalue weighted by Gasteiger charge is 2.25. The van der Waals surface area contributed by atoms with Gasteiger partial charge in [-0.15, -0.1) is 0 Å². The number of benzene rings is 1. The molecule has 2 unspecified atom stereocenters. The van der Waals surface area contributed by atoms with Crippen molar-refractivity contribution in [3.05, 3.63) is 34.9 Å². The highest BCUT2D eigenvalue weighted by atomic mass is 35.5. The molecule has 1 heterocycles. The van der Waals surface area contributed by atoms with Crippen LogP contribution in [-0.2, 0) is 9.53 Å². The van der Waals surface area contributed by atoms with Crippen molar-refractivity contribution < 1.29 is 9.53 Å². The Morgan fingerprint density at radius 2 is 2.16 bits per heavy atom. The maximum absolute atomic E-state index is 12.1. The van der Waals surface area contributed by atoms with E-state index in [1.54, 1.807) is 0 Å². The fraction of sp³-hybridized carbons (Fsp3) is 0.533. The van der Waals surface area contributed by atoms with Gasteiger partial charge in [-0.1, -0.05) is 23.7 Å². The zero-order valence-electron chi connectivity index (χ0n) is 11.4. The minimum atomic E-state index is 0.0832. The highest BCUT2D eigenvalue weighted by molar-refractivity contribution is 6.30. The first-order valence-electron chi connectivity index (χ1n) is 6.64. The smallest absolute Gasteiger partial charge is 0.152 e. The van der Waals surface area contributed by atoms with Gasteiger partial charge in [-0.05, 0) is 38.1 Å². The third-order valence-electron chi connectivity index (χ3n) is 3.80. The molecule has 0 aliphatic carbocycles. The standard InChI is InChI=1S/C15H20ClNO2/c1-11(12-3-5-14(16)6-4-12)17(2)9-15(18)13-7-8-19-10-13/h3-6,11,13H,7-10H2,1-2H3. The van der Waals surface area contributed by atoms with E-state index in [1.807, 2.05) is 31.3 Å². The third-order valence-corrected chi connectivity index (χ3v) is 4.06. The van der Waals surface area contributed by atoms with E-state index >= 15 is 0 Å². The molecule has 1 saturated heterocycles. The van der Waals surface area contributed by atoms with E-state index in [9.17, 15) is 4.79 Å². The molecule has 2 rings (SSSR count). The number of carbonyl (C=O) groups is 1. The molecule has 1 aliphatic rings. The number of carbonyl (C=O) groups excluding carboxylic acids is 1. The topological polar surface area (TPSA) is 29.5 Å². The van der Waals surface area contributed by atoms with Gasteiger partial charge in [-0.3, -0.25) is 9.69 Å². The molecule has 2 atom stereocenters. The summed E-state index contributed by atoms with van der Waals surface area (Å²) in [7, 11) is 1.98. The summed E-state index contributed by atoms with van der Waals surface area (Å²) in [6, 6.07) is 7.98. The first-order chi connectivity index (χ1) is 9.08. The second kappa shape index (κ2) is 6.51. The predicted octanol–water partition coefficient (Wildman–Crippen LogP) is 2.94. The maximum Gasteiger partial charge on any atom is 0.152 e. The molecule has 1 aliphatic heterocycles. The molecule has 104 valence electrons. The van der Waals surface area contributed by atoms with Crippen molar-refractivity contribution >= 4 is 17.4 Å². The Labute approximate surface area is 119 Å². The van der Waals surface area contributed by atoms with Gasteiger partial charge in [-0.25, -0.2) is 0 Å². The van der Waals surface area contributed by atoms with Crippen LogP contribution in [0.2, 0.25) is 5.02 Å². The van der Waals surface area contributed by atoms with Crippen LogP contribution in [-0.4, -0.2) is 37.5 Å². The molecule has 0 N–H and O–H groups in total. The summed E-state index contributed by atoms with van der Waals surface area (Å²) < 4.78 is 5.26. The Bertz CT molecular complexity index is 426. The minimum absolute atomic E-state index is 0.0832. The summed E-state index contributed by atoms with van der Waals surface area (Å²) in [6.07, 6.45) is 0.863. The molecule has 0 radical (unpaired) electrons. The second-order valence-corrected chi connectivity index (χ2v) is 5.61. The Morgan fingerprint density at radius 1 is 1.47 bits per heavy atom. The van der Waals surface area contributed by atoms with Gasteiger partial charge >= 0.3 is 0 Å². The van der Waals surface area contributed by atoms with Gasteiger partial charge in [0.25, 0.3) is 0 Å². The van der Waals surface area contributed by atoms with E-state index in [0.717, 1.165) is 11.4 Å². The summed E-state index contributed by atoms with van der Waals surface area (Å²) in [5.41, 5.74) is 1.17. The minimum Gasteiger partial charge on any atom is -0.381 e. The van der Waals surface area contributed by atoms with Crippen LogP contribution in [0.15, 0.2) is 24.3 Å². The fourth-order valence-electron chi connectivity index (χ4n) is 2.30. The van der Waals surface area contributed by atoms with Crippen LogP contribution in [0.5, 0.6) is 0 Å². The average molecular weight is 282 g/mol. The normalized spacial score (nSPS) is 20.7. The number of halogens is 1. The summed E-state index contributed by atoms with van der Waals surface area (Å²) >= 11 is 5.88. The van der Waals surface area contributed by atoms with E-state index in [-0.39, 0.29) is 17.7 Å². The van der Waals surface area contributed by atoms with Crippen molar-refractivity contribution in [1.29, 1.82) is 0 Å². The number of likely N-dealkylation sites (N-methyl/N-ethyl adjacent to an activating group) is 1. The lowest BCUT2D eigenvalue weighted by molar-refractivity contribution is -0.124. The van der Waals surface area contributed by atoms with Gasteiger partial charge in [-0.2, -0.15) is 0 Å². The first-order valence-corrected chi connectivity index (χ1v) is 7.02. The van der Waals surface area contributed by atoms with Crippen molar-refractivity contribution in [3.63, 3.8) is 0 Å². The molecular weight excluding hydrogens is 262 g/mol. The summed E-state index contributed by atoms with van der Waals surface area (Å²) in [5.74, 6) is 0.362. The molecule has 0 saturated carbocycles. The van der Waals surface area contributed by atoms with E-state index in [2.05, 4.69) is 11.8 Å². The lowest BCUT2D eigenvalue weighted by Crippen LogP contribution is -2.32. The van der Waals surface area contributed by atoms with Crippen molar-refractivity contribution in [3.8, 4) is 0 Å². The molecule has 0 amide bonds. The zero-order valence-corrected chi connectivity index (χ0v) is 12.2. The average Bonchev–Trinajstić information content (AvgIpc) is 2.92. The predicted molar refractivity (Wildman–Crippen MR) is 76.4 cm³/mol. The molecule has 0 bridgehead atoms. The van der Waals surface area contributed by atoms with Crippen LogP contribution in [0, 0.1) is 5.92 Å². The van der Waals surface area contributed by atoms with Crippen molar-refractivity contribution in [2.24, 2.45) is 5.92 Å². The monoisotopic (exact) mass is 281 g/mol. The molecule has 1 aromatic carbocycles. The lowest BCUT2D eigenvalue weighted by Gasteiger charge is -2.25. The maximum atomic E-state index is 12.1. The van der Waals surface area contributed by atoms with Crippen LogP contribution >= 0.6 is 11.6 Å². The first kappa shape index (κ1) is 14.5. The molecule has 0 aromatic heterocycles. The quantitative estimate of drug-likeness (QED) is 0.831. The van der Waals surface area contributed by atoms with Crippen LogP contribution in [0.25, 0.3) is 0 Å². The van der Waals surface area contributed by atoms with E-state index in [4.69, 9.17) is 16.3 Å². The molecule has 0 spiro atoms. The van der Waals surface area contributed by atoms with Gasteiger partial charge < -0.3 is 4.74 Å². The van der Waals surface area contributed by atoms with Crippen LogP contribution < -0.4 is 0 Å². The molecule has 1 aromatic rings. The Kier molecular flexibility index (Phi) is 4.97.